The van der Waals surface area contributed by atoms with Crippen molar-refractivity contribution in [1.29, 1.82) is 5.26 Å². The first-order valence-corrected chi connectivity index (χ1v) is 5.57. The summed E-state index contributed by atoms with van der Waals surface area (Å²) in [4.78, 5) is 0. The van der Waals surface area contributed by atoms with E-state index in [-0.39, 0.29) is 10.9 Å². The van der Waals surface area contributed by atoms with Crippen molar-refractivity contribution >= 4 is 27.5 Å². The molecule has 0 saturated carbocycles. The third kappa shape index (κ3) is 2.97. The smallest absolute Gasteiger partial charge is 0.142 e. The van der Waals surface area contributed by atoms with Crippen LogP contribution in [0.4, 0.5) is 4.39 Å². The highest BCUT2D eigenvalue weighted by Crippen LogP contribution is 2.18. The molecule has 0 bridgehead atoms. The SMILES string of the molecule is N#CC(CBr)Cc1ccc(Cl)c(F)c1. The predicted molar refractivity (Wildman–Crippen MR) is 58.0 cm³/mol. The Morgan fingerprint density at radius 2 is 2.29 bits per heavy atom. The average Bonchev–Trinajstić information content (AvgIpc) is 2.19. The highest BCUT2D eigenvalue weighted by atomic mass is 79.9. The third-order valence-corrected chi connectivity index (χ3v) is 2.92. The molecular weight excluding hydrogens is 268 g/mol. The van der Waals surface area contributed by atoms with E-state index in [2.05, 4.69) is 22.0 Å². The van der Waals surface area contributed by atoms with Crippen LogP contribution in [0.2, 0.25) is 5.02 Å². The summed E-state index contributed by atoms with van der Waals surface area (Å²) in [7, 11) is 0. The van der Waals surface area contributed by atoms with Gasteiger partial charge in [0.1, 0.15) is 5.82 Å². The molecule has 1 aromatic rings. The highest BCUT2D eigenvalue weighted by molar-refractivity contribution is 9.09. The van der Waals surface area contributed by atoms with E-state index < -0.39 is 5.82 Å². The maximum Gasteiger partial charge on any atom is 0.142 e. The third-order valence-electron chi connectivity index (χ3n) is 1.83. The van der Waals surface area contributed by atoms with Crippen molar-refractivity contribution in [3.8, 4) is 6.07 Å². The molecule has 0 aliphatic heterocycles. The monoisotopic (exact) mass is 275 g/mol. The van der Waals surface area contributed by atoms with E-state index in [1.807, 2.05) is 0 Å². The van der Waals surface area contributed by atoms with Gasteiger partial charge in [0.15, 0.2) is 0 Å². The molecule has 0 N–H and O–H groups in total. The Labute approximate surface area is 95.6 Å². The number of alkyl halides is 1. The maximum atomic E-state index is 13.0. The van der Waals surface area contributed by atoms with E-state index in [1.54, 1.807) is 6.07 Å². The molecule has 0 spiro atoms. The molecule has 0 radical (unpaired) electrons. The van der Waals surface area contributed by atoms with Crippen molar-refractivity contribution in [2.75, 3.05) is 5.33 Å². The van der Waals surface area contributed by atoms with Crippen molar-refractivity contribution < 1.29 is 4.39 Å². The number of hydrogen-bond acceptors (Lipinski definition) is 1. The second kappa shape index (κ2) is 5.33. The van der Waals surface area contributed by atoms with Crippen molar-refractivity contribution in [3.05, 3.63) is 34.6 Å². The number of nitrogens with zero attached hydrogens (tertiary/aromatic N) is 1. The lowest BCUT2D eigenvalue weighted by Crippen LogP contribution is -2.03. The lowest BCUT2D eigenvalue weighted by molar-refractivity contribution is 0.623. The van der Waals surface area contributed by atoms with Gasteiger partial charge in [0.05, 0.1) is 17.0 Å². The fourth-order valence-corrected chi connectivity index (χ4v) is 1.58. The fourth-order valence-electron chi connectivity index (χ4n) is 1.09. The Balaban J connectivity index is 2.78. The molecule has 0 aliphatic rings. The lowest BCUT2D eigenvalue weighted by atomic mass is 10.0. The molecule has 1 rings (SSSR count). The van der Waals surface area contributed by atoms with E-state index in [9.17, 15) is 4.39 Å². The van der Waals surface area contributed by atoms with Crippen LogP contribution in [0.5, 0.6) is 0 Å². The molecule has 0 saturated heterocycles. The summed E-state index contributed by atoms with van der Waals surface area (Å²) in [5.41, 5.74) is 0.790. The molecule has 14 heavy (non-hydrogen) atoms. The van der Waals surface area contributed by atoms with Gasteiger partial charge in [0.25, 0.3) is 0 Å². The second-order valence-electron chi connectivity index (χ2n) is 2.93. The number of rotatable bonds is 3. The Morgan fingerprint density at radius 1 is 1.57 bits per heavy atom. The summed E-state index contributed by atoms with van der Waals surface area (Å²) in [5.74, 6) is -0.564. The normalized spacial score (nSPS) is 12.1. The van der Waals surface area contributed by atoms with Gasteiger partial charge < -0.3 is 0 Å². The minimum absolute atomic E-state index is 0.112. The molecule has 74 valence electrons. The summed E-state index contributed by atoms with van der Waals surface area (Å²) in [6.45, 7) is 0. The maximum absolute atomic E-state index is 13.0. The first kappa shape index (κ1) is 11.5. The number of nitriles is 1. The van der Waals surface area contributed by atoms with Gasteiger partial charge in [-0.3, -0.25) is 0 Å². The van der Waals surface area contributed by atoms with Gasteiger partial charge >= 0.3 is 0 Å². The first-order chi connectivity index (χ1) is 6.67. The molecule has 1 aromatic carbocycles. The molecule has 0 amide bonds. The molecule has 0 aromatic heterocycles. The van der Waals surface area contributed by atoms with Crippen LogP contribution in [0.25, 0.3) is 0 Å². The Bertz CT molecular complexity index is 362. The van der Waals surface area contributed by atoms with Crippen LogP contribution in [-0.2, 0) is 6.42 Å². The summed E-state index contributed by atoms with van der Waals surface area (Å²) in [6, 6.07) is 6.75. The topological polar surface area (TPSA) is 23.8 Å². The van der Waals surface area contributed by atoms with Crippen LogP contribution >= 0.6 is 27.5 Å². The van der Waals surface area contributed by atoms with E-state index >= 15 is 0 Å². The first-order valence-electron chi connectivity index (χ1n) is 4.07. The minimum Gasteiger partial charge on any atom is -0.205 e. The zero-order valence-corrected chi connectivity index (χ0v) is 9.65. The van der Waals surface area contributed by atoms with Gasteiger partial charge in [0.2, 0.25) is 0 Å². The van der Waals surface area contributed by atoms with Gasteiger partial charge in [-0.1, -0.05) is 33.6 Å². The van der Waals surface area contributed by atoms with Gasteiger partial charge in [-0.2, -0.15) is 5.26 Å². The number of hydrogen-bond donors (Lipinski definition) is 0. The fraction of sp³-hybridized carbons (Fsp3) is 0.300. The molecular formula is C10H8BrClFN. The Kier molecular flexibility index (Phi) is 4.37. The van der Waals surface area contributed by atoms with Gasteiger partial charge in [-0.15, -0.1) is 0 Å². The zero-order chi connectivity index (χ0) is 10.6. The van der Waals surface area contributed by atoms with E-state index in [1.165, 1.54) is 12.1 Å². The van der Waals surface area contributed by atoms with E-state index in [4.69, 9.17) is 16.9 Å². The van der Waals surface area contributed by atoms with Crippen molar-refractivity contribution in [1.82, 2.24) is 0 Å². The van der Waals surface area contributed by atoms with Gasteiger partial charge in [-0.25, -0.2) is 4.39 Å². The molecule has 0 aliphatic carbocycles. The summed E-state index contributed by atoms with van der Waals surface area (Å²) in [5, 5.41) is 9.41. The highest BCUT2D eigenvalue weighted by Gasteiger charge is 2.08. The van der Waals surface area contributed by atoms with Crippen LogP contribution in [0.1, 0.15) is 5.56 Å². The molecule has 4 heteroatoms. The standard InChI is InChI=1S/C10H8BrClFN/c11-5-8(6-14)3-7-1-2-9(12)10(13)4-7/h1-2,4,8H,3,5H2. The second-order valence-corrected chi connectivity index (χ2v) is 3.99. The van der Waals surface area contributed by atoms with E-state index in [0.717, 1.165) is 5.56 Å². The molecule has 0 fully saturated rings. The zero-order valence-electron chi connectivity index (χ0n) is 7.30. The molecule has 1 unspecified atom stereocenters. The lowest BCUT2D eigenvalue weighted by Gasteiger charge is -2.05. The molecule has 1 nitrogen and oxygen atoms in total. The van der Waals surface area contributed by atoms with E-state index in [0.29, 0.717) is 11.8 Å². The van der Waals surface area contributed by atoms with Gasteiger partial charge in [0, 0.05) is 5.33 Å². The molecule has 1 atom stereocenters. The van der Waals surface area contributed by atoms with Crippen LogP contribution in [0, 0.1) is 23.1 Å². The van der Waals surface area contributed by atoms with Crippen LogP contribution in [-0.4, -0.2) is 5.33 Å². The summed E-state index contributed by atoms with van der Waals surface area (Å²) >= 11 is 8.76. The summed E-state index contributed by atoms with van der Waals surface area (Å²) < 4.78 is 13.0. The summed E-state index contributed by atoms with van der Waals surface area (Å²) in [6.07, 6.45) is 0.538. The average molecular weight is 277 g/mol. The van der Waals surface area contributed by atoms with Crippen LogP contribution in [0.3, 0.4) is 0 Å². The quantitative estimate of drug-likeness (QED) is 0.775. The van der Waals surface area contributed by atoms with Crippen molar-refractivity contribution in [2.45, 2.75) is 6.42 Å². The van der Waals surface area contributed by atoms with Crippen molar-refractivity contribution in [2.24, 2.45) is 5.92 Å². The Hall–Kier alpha value is -0.590. The van der Waals surface area contributed by atoms with Crippen LogP contribution < -0.4 is 0 Å². The van der Waals surface area contributed by atoms with Crippen molar-refractivity contribution in [3.63, 3.8) is 0 Å². The predicted octanol–water partition coefficient (Wildman–Crippen LogP) is 3.56. The van der Waals surface area contributed by atoms with Gasteiger partial charge in [-0.05, 0) is 24.1 Å². The minimum atomic E-state index is -0.435. The number of halogens is 3. The Morgan fingerprint density at radius 3 is 2.79 bits per heavy atom. The largest absolute Gasteiger partial charge is 0.205 e. The number of benzene rings is 1. The molecule has 0 heterocycles. The van der Waals surface area contributed by atoms with Crippen LogP contribution in [0.15, 0.2) is 18.2 Å².